The maximum absolute atomic E-state index is 12.3. The molecule has 18 heavy (non-hydrogen) atoms. The van der Waals surface area contributed by atoms with E-state index in [0.29, 0.717) is 11.6 Å². The maximum Gasteiger partial charge on any atom is 0.270 e. The minimum absolute atomic E-state index is 0.0413. The van der Waals surface area contributed by atoms with Crippen LogP contribution in [0, 0.1) is 10.1 Å². The molecule has 1 aromatic carbocycles. The molecule has 2 rings (SSSR count). The van der Waals surface area contributed by atoms with E-state index in [-0.39, 0.29) is 17.6 Å². The molecule has 0 aliphatic heterocycles. The number of nitro groups is 1. The molecular formula is C13H16N2O3. The highest BCUT2D eigenvalue weighted by Gasteiger charge is 2.34. The normalized spacial score (nSPS) is 14.6. The number of hydrogen-bond acceptors (Lipinski definition) is 3. The van der Waals surface area contributed by atoms with Crippen molar-refractivity contribution >= 4 is 11.6 Å². The number of hydrogen-bond donors (Lipinski definition) is 0. The largest absolute Gasteiger partial charge is 0.333 e. The van der Waals surface area contributed by atoms with E-state index in [1.165, 1.54) is 12.1 Å². The predicted octanol–water partition coefficient (Wildman–Crippen LogP) is 2.61. The standard InChI is InChI=1S/C13H16N2O3/c1-9(2)14(11-6-7-11)13(16)10-4-3-5-12(8-10)15(17)18/h3-5,8-9,11H,6-7H2,1-2H3. The van der Waals surface area contributed by atoms with Crippen LogP contribution in [0.3, 0.4) is 0 Å². The molecule has 1 saturated carbocycles. The summed E-state index contributed by atoms with van der Waals surface area (Å²) in [5.74, 6) is -0.115. The van der Waals surface area contributed by atoms with E-state index in [1.807, 2.05) is 18.7 Å². The molecular weight excluding hydrogens is 232 g/mol. The average molecular weight is 248 g/mol. The van der Waals surface area contributed by atoms with Gasteiger partial charge in [-0.3, -0.25) is 14.9 Å². The van der Waals surface area contributed by atoms with E-state index in [4.69, 9.17) is 0 Å². The Labute approximate surface area is 106 Å². The van der Waals surface area contributed by atoms with E-state index in [2.05, 4.69) is 0 Å². The number of benzene rings is 1. The highest BCUT2D eigenvalue weighted by atomic mass is 16.6. The lowest BCUT2D eigenvalue weighted by Crippen LogP contribution is -2.38. The predicted molar refractivity (Wildman–Crippen MR) is 67.4 cm³/mol. The Bertz CT molecular complexity index is 479. The van der Waals surface area contributed by atoms with Crippen molar-refractivity contribution in [3.05, 3.63) is 39.9 Å². The summed E-state index contributed by atoms with van der Waals surface area (Å²) in [5.41, 5.74) is 0.352. The first-order valence-corrected chi connectivity index (χ1v) is 6.08. The van der Waals surface area contributed by atoms with Gasteiger partial charge in [-0.1, -0.05) is 6.07 Å². The first kappa shape index (κ1) is 12.5. The van der Waals surface area contributed by atoms with Gasteiger partial charge in [0.05, 0.1) is 4.92 Å². The number of nitro benzene ring substituents is 1. The summed E-state index contributed by atoms with van der Waals surface area (Å²) in [6, 6.07) is 6.35. The molecule has 0 N–H and O–H groups in total. The molecule has 0 bridgehead atoms. The van der Waals surface area contributed by atoms with Crippen molar-refractivity contribution in [3.8, 4) is 0 Å². The van der Waals surface area contributed by atoms with Gasteiger partial charge in [-0.15, -0.1) is 0 Å². The van der Waals surface area contributed by atoms with Crippen LogP contribution < -0.4 is 0 Å². The lowest BCUT2D eigenvalue weighted by atomic mass is 10.1. The summed E-state index contributed by atoms with van der Waals surface area (Å²) in [4.78, 5) is 24.4. The molecule has 0 unspecified atom stereocenters. The second kappa shape index (κ2) is 4.76. The van der Waals surface area contributed by atoms with Gasteiger partial charge in [0.25, 0.3) is 11.6 Å². The Balaban J connectivity index is 2.26. The smallest absolute Gasteiger partial charge is 0.270 e. The molecule has 0 saturated heterocycles. The minimum atomic E-state index is -0.479. The lowest BCUT2D eigenvalue weighted by Gasteiger charge is -2.26. The van der Waals surface area contributed by atoms with Crippen LogP contribution in [-0.2, 0) is 0 Å². The van der Waals surface area contributed by atoms with Gasteiger partial charge in [0.2, 0.25) is 0 Å². The SMILES string of the molecule is CC(C)N(C(=O)c1cccc([N+](=O)[O-])c1)C1CC1. The molecule has 96 valence electrons. The summed E-state index contributed by atoms with van der Waals surface area (Å²) in [6.45, 7) is 3.93. The van der Waals surface area contributed by atoms with Crippen molar-refractivity contribution in [2.45, 2.75) is 38.8 Å². The van der Waals surface area contributed by atoms with E-state index < -0.39 is 4.92 Å². The van der Waals surface area contributed by atoms with Crippen LogP contribution in [-0.4, -0.2) is 27.8 Å². The second-order valence-corrected chi connectivity index (χ2v) is 4.84. The van der Waals surface area contributed by atoms with Crippen LogP contribution in [0.5, 0.6) is 0 Å². The Hall–Kier alpha value is -1.91. The van der Waals surface area contributed by atoms with Crippen LogP contribution in [0.4, 0.5) is 5.69 Å². The third-order valence-corrected chi connectivity index (χ3v) is 3.04. The molecule has 1 amide bonds. The Morgan fingerprint density at radius 2 is 2.11 bits per heavy atom. The van der Waals surface area contributed by atoms with Crippen molar-refractivity contribution in [1.29, 1.82) is 0 Å². The molecule has 0 atom stereocenters. The van der Waals surface area contributed by atoms with Gasteiger partial charge in [-0.05, 0) is 32.8 Å². The molecule has 0 heterocycles. The third kappa shape index (κ3) is 2.50. The number of nitrogens with zero attached hydrogens (tertiary/aromatic N) is 2. The summed E-state index contributed by atoms with van der Waals surface area (Å²) in [5, 5.41) is 10.7. The van der Waals surface area contributed by atoms with Crippen molar-refractivity contribution < 1.29 is 9.72 Å². The number of rotatable bonds is 4. The fourth-order valence-electron chi connectivity index (χ4n) is 2.08. The van der Waals surface area contributed by atoms with Gasteiger partial charge in [0, 0.05) is 29.8 Å². The molecule has 0 aromatic heterocycles. The van der Waals surface area contributed by atoms with Gasteiger partial charge in [-0.25, -0.2) is 0 Å². The lowest BCUT2D eigenvalue weighted by molar-refractivity contribution is -0.384. The zero-order chi connectivity index (χ0) is 13.3. The minimum Gasteiger partial charge on any atom is -0.333 e. The Morgan fingerprint density at radius 3 is 2.61 bits per heavy atom. The topological polar surface area (TPSA) is 63.5 Å². The number of non-ortho nitro benzene ring substituents is 1. The Morgan fingerprint density at radius 1 is 1.44 bits per heavy atom. The molecule has 0 radical (unpaired) electrons. The van der Waals surface area contributed by atoms with Crippen LogP contribution in [0.2, 0.25) is 0 Å². The summed E-state index contributed by atoms with van der Waals surface area (Å²) in [7, 11) is 0. The molecule has 5 nitrogen and oxygen atoms in total. The van der Waals surface area contributed by atoms with E-state index in [9.17, 15) is 14.9 Å². The van der Waals surface area contributed by atoms with Gasteiger partial charge < -0.3 is 4.90 Å². The number of amides is 1. The summed E-state index contributed by atoms with van der Waals surface area (Å²) < 4.78 is 0. The van der Waals surface area contributed by atoms with Crippen molar-refractivity contribution in [1.82, 2.24) is 4.90 Å². The van der Waals surface area contributed by atoms with Crippen molar-refractivity contribution in [2.24, 2.45) is 0 Å². The van der Waals surface area contributed by atoms with Gasteiger partial charge >= 0.3 is 0 Å². The average Bonchev–Trinajstić information content (AvgIpc) is 3.13. The fourth-order valence-corrected chi connectivity index (χ4v) is 2.08. The van der Waals surface area contributed by atoms with Crippen LogP contribution >= 0.6 is 0 Å². The first-order valence-electron chi connectivity index (χ1n) is 6.08. The zero-order valence-corrected chi connectivity index (χ0v) is 10.5. The van der Waals surface area contributed by atoms with E-state index >= 15 is 0 Å². The fraction of sp³-hybridized carbons (Fsp3) is 0.462. The number of carbonyl (C=O) groups excluding carboxylic acids is 1. The maximum atomic E-state index is 12.3. The third-order valence-electron chi connectivity index (χ3n) is 3.04. The van der Waals surface area contributed by atoms with Gasteiger partial charge in [-0.2, -0.15) is 0 Å². The molecule has 0 spiro atoms. The van der Waals surface area contributed by atoms with Crippen LogP contribution in [0.1, 0.15) is 37.0 Å². The van der Waals surface area contributed by atoms with Gasteiger partial charge in [0.15, 0.2) is 0 Å². The highest BCUT2D eigenvalue weighted by molar-refractivity contribution is 5.95. The monoisotopic (exact) mass is 248 g/mol. The van der Waals surface area contributed by atoms with Crippen LogP contribution in [0.25, 0.3) is 0 Å². The van der Waals surface area contributed by atoms with Crippen molar-refractivity contribution in [2.75, 3.05) is 0 Å². The molecule has 1 aliphatic carbocycles. The summed E-state index contributed by atoms with van der Waals surface area (Å²) in [6.07, 6.45) is 2.05. The second-order valence-electron chi connectivity index (χ2n) is 4.84. The first-order chi connectivity index (χ1) is 8.50. The molecule has 1 fully saturated rings. The van der Waals surface area contributed by atoms with Crippen molar-refractivity contribution in [3.63, 3.8) is 0 Å². The van der Waals surface area contributed by atoms with E-state index in [0.717, 1.165) is 12.8 Å². The zero-order valence-electron chi connectivity index (χ0n) is 10.5. The van der Waals surface area contributed by atoms with Crippen LogP contribution in [0.15, 0.2) is 24.3 Å². The highest BCUT2D eigenvalue weighted by Crippen LogP contribution is 2.30. The molecule has 1 aliphatic rings. The molecule has 5 heteroatoms. The van der Waals surface area contributed by atoms with E-state index in [1.54, 1.807) is 12.1 Å². The Kier molecular flexibility index (Phi) is 3.32. The molecule has 1 aromatic rings. The van der Waals surface area contributed by atoms with Gasteiger partial charge in [0.1, 0.15) is 0 Å². The number of carbonyl (C=O) groups is 1. The summed E-state index contributed by atoms with van der Waals surface area (Å²) >= 11 is 0. The quantitative estimate of drug-likeness (QED) is 0.607.